The second kappa shape index (κ2) is 3.92. The molecule has 1 heterocycles. The van der Waals surface area contributed by atoms with Gasteiger partial charge in [0.05, 0.1) is 19.7 Å². The molecule has 1 saturated carbocycles. The van der Waals surface area contributed by atoms with Gasteiger partial charge in [-0.15, -0.1) is 0 Å². The van der Waals surface area contributed by atoms with Crippen LogP contribution in [-0.2, 0) is 5.41 Å². The molecule has 1 fully saturated rings. The number of benzene rings is 1. The molecule has 18 heavy (non-hydrogen) atoms. The van der Waals surface area contributed by atoms with Crippen molar-refractivity contribution in [2.45, 2.75) is 18.3 Å². The van der Waals surface area contributed by atoms with E-state index in [1.54, 1.807) is 14.2 Å². The van der Waals surface area contributed by atoms with Crippen molar-refractivity contribution in [2.24, 2.45) is 5.73 Å². The third-order valence-electron chi connectivity index (χ3n) is 4.01. The van der Waals surface area contributed by atoms with Gasteiger partial charge in [0.2, 0.25) is 0 Å². The molecule has 0 spiro atoms. The Balaban J connectivity index is 2.28. The first kappa shape index (κ1) is 11.4. The van der Waals surface area contributed by atoms with Crippen LogP contribution in [0.25, 0.3) is 10.9 Å². The summed E-state index contributed by atoms with van der Waals surface area (Å²) in [6.07, 6.45) is 4.35. The normalized spacial score (nSPS) is 16.8. The predicted molar refractivity (Wildman–Crippen MR) is 71.4 cm³/mol. The lowest BCUT2D eigenvalue weighted by atomic mass is 9.95. The lowest BCUT2D eigenvalue weighted by Gasteiger charge is -2.13. The number of nitrogens with two attached hydrogens (primary N) is 1. The molecule has 0 bridgehead atoms. The Bertz CT molecular complexity index is 585. The van der Waals surface area contributed by atoms with E-state index in [2.05, 4.69) is 11.2 Å². The van der Waals surface area contributed by atoms with Crippen LogP contribution in [0.4, 0.5) is 0 Å². The average Bonchev–Trinajstić information content (AvgIpc) is 3.09. The number of ether oxygens (including phenoxy) is 2. The van der Waals surface area contributed by atoms with Gasteiger partial charge >= 0.3 is 0 Å². The fourth-order valence-corrected chi connectivity index (χ4v) is 2.68. The summed E-state index contributed by atoms with van der Waals surface area (Å²) in [7, 11) is 3.37. The summed E-state index contributed by atoms with van der Waals surface area (Å²) < 4.78 is 10.9. The minimum absolute atomic E-state index is 0.137. The summed E-state index contributed by atoms with van der Waals surface area (Å²) in [5.41, 5.74) is 8.32. The largest absolute Gasteiger partial charge is 0.496 e. The number of aromatic amines is 1. The Hall–Kier alpha value is -1.68. The Morgan fingerprint density at radius 3 is 2.44 bits per heavy atom. The monoisotopic (exact) mass is 246 g/mol. The fraction of sp³-hybridized carbons (Fsp3) is 0.429. The van der Waals surface area contributed by atoms with E-state index in [1.165, 1.54) is 5.56 Å². The molecule has 4 heteroatoms. The highest BCUT2D eigenvalue weighted by atomic mass is 16.5. The Labute approximate surface area is 106 Å². The van der Waals surface area contributed by atoms with E-state index in [4.69, 9.17) is 15.2 Å². The molecule has 0 atom stereocenters. The van der Waals surface area contributed by atoms with Crippen LogP contribution in [0.15, 0.2) is 18.3 Å². The van der Waals surface area contributed by atoms with E-state index in [9.17, 15) is 0 Å². The zero-order valence-corrected chi connectivity index (χ0v) is 10.7. The van der Waals surface area contributed by atoms with Crippen LogP contribution in [0.2, 0.25) is 0 Å². The maximum atomic E-state index is 5.93. The van der Waals surface area contributed by atoms with Crippen LogP contribution in [-0.4, -0.2) is 25.7 Å². The number of fused-ring (bicyclic) bond motifs is 1. The molecule has 0 unspecified atom stereocenters. The molecule has 0 aliphatic heterocycles. The van der Waals surface area contributed by atoms with E-state index < -0.39 is 0 Å². The molecule has 0 radical (unpaired) electrons. The summed E-state index contributed by atoms with van der Waals surface area (Å²) >= 11 is 0. The van der Waals surface area contributed by atoms with Crippen LogP contribution in [0.1, 0.15) is 18.4 Å². The summed E-state index contributed by atoms with van der Waals surface area (Å²) in [6.45, 7) is 0.681. The second-order valence-corrected chi connectivity index (χ2v) is 4.91. The number of methoxy groups -OCH3 is 2. The van der Waals surface area contributed by atoms with Crippen molar-refractivity contribution in [2.75, 3.05) is 20.8 Å². The van der Waals surface area contributed by atoms with Gasteiger partial charge in [-0.2, -0.15) is 0 Å². The number of rotatable bonds is 4. The van der Waals surface area contributed by atoms with Crippen molar-refractivity contribution in [3.05, 3.63) is 23.9 Å². The molecular formula is C14H18N2O2. The zero-order chi connectivity index (χ0) is 12.8. The molecule has 1 aromatic carbocycles. The molecule has 3 N–H and O–H groups in total. The average molecular weight is 246 g/mol. The first-order valence-electron chi connectivity index (χ1n) is 6.18. The third-order valence-corrected chi connectivity index (χ3v) is 4.01. The SMILES string of the molecule is COc1ccc(OC)c2c(C3(CN)CC3)c[nH]c12. The van der Waals surface area contributed by atoms with Crippen LogP contribution < -0.4 is 15.2 Å². The van der Waals surface area contributed by atoms with Crippen molar-refractivity contribution < 1.29 is 9.47 Å². The van der Waals surface area contributed by atoms with Crippen LogP contribution in [0, 0.1) is 0 Å². The Morgan fingerprint density at radius 2 is 1.89 bits per heavy atom. The van der Waals surface area contributed by atoms with E-state index in [0.29, 0.717) is 6.54 Å². The zero-order valence-electron chi connectivity index (χ0n) is 10.7. The van der Waals surface area contributed by atoms with Crippen molar-refractivity contribution in [3.63, 3.8) is 0 Å². The first-order chi connectivity index (χ1) is 8.75. The molecule has 1 aromatic heterocycles. The fourth-order valence-electron chi connectivity index (χ4n) is 2.68. The van der Waals surface area contributed by atoms with E-state index >= 15 is 0 Å². The lowest BCUT2D eigenvalue weighted by Crippen LogP contribution is -2.19. The molecule has 1 aliphatic rings. The van der Waals surface area contributed by atoms with Crippen LogP contribution in [0.5, 0.6) is 11.5 Å². The lowest BCUT2D eigenvalue weighted by molar-refractivity contribution is 0.410. The van der Waals surface area contributed by atoms with Crippen LogP contribution in [0.3, 0.4) is 0 Å². The molecule has 1 aliphatic carbocycles. The highest BCUT2D eigenvalue weighted by Gasteiger charge is 2.45. The number of H-pyrrole nitrogens is 1. The van der Waals surface area contributed by atoms with Gasteiger partial charge in [0.25, 0.3) is 0 Å². The van der Waals surface area contributed by atoms with Gasteiger partial charge in [0.1, 0.15) is 11.5 Å². The molecule has 4 nitrogen and oxygen atoms in total. The molecule has 0 saturated heterocycles. The highest BCUT2D eigenvalue weighted by molar-refractivity contribution is 5.95. The van der Waals surface area contributed by atoms with Gasteiger partial charge < -0.3 is 20.2 Å². The van der Waals surface area contributed by atoms with Gasteiger partial charge in [0, 0.05) is 23.5 Å². The van der Waals surface area contributed by atoms with E-state index in [1.807, 2.05) is 12.1 Å². The maximum Gasteiger partial charge on any atom is 0.143 e. The number of hydrogen-bond donors (Lipinski definition) is 2. The minimum atomic E-state index is 0.137. The number of hydrogen-bond acceptors (Lipinski definition) is 3. The predicted octanol–water partition coefficient (Wildman–Crippen LogP) is 2.18. The van der Waals surface area contributed by atoms with Crippen molar-refractivity contribution in [1.29, 1.82) is 0 Å². The number of aromatic nitrogens is 1. The Kier molecular flexibility index (Phi) is 2.48. The van der Waals surface area contributed by atoms with Gasteiger partial charge in [0.15, 0.2) is 0 Å². The van der Waals surface area contributed by atoms with Gasteiger partial charge in [-0.05, 0) is 30.5 Å². The quantitative estimate of drug-likeness (QED) is 0.869. The molecule has 2 aromatic rings. The highest BCUT2D eigenvalue weighted by Crippen LogP contribution is 2.51. The first-order valence-corrected chi connectivity index (χ1v) is 6.18. The van der Waals surface area contributed by atoms with Gasteiger partial charge in [-0.1, -0.05) is 0 Å². The Morgan fingerprint density at radius 1 is 1.22 bits per heavy atom. The summed E-state index contributed by atoms with van der Waals surface area (Å²) in [6, 6.07) is 3.87. The second-order valence-electron chi connectivity index (χ2n) is 4.91. The van der Waals surface area contributed by atoms with Crippen LogP contribution >= 0.6 is 0 Å². The molecule has 0 amide bonds. The summed E-state index contributed by atoms with van der Waals surface area (Å²) in [5, 5.41) is 1.11. The minimum Gasteiger partial charge on any atom is -0.496 e. The molecule has 96 valence electrons. The molecule has 3 rings (SSSR count). The van der Waals surface area contributed by atoms with E-state index in [-0.39, 0.29) is 5.41 Å². The van der Waals surface area contributed by atoms with Crippen molar-refractivity contribution >= 4 is 10.9 Å². The third kappa shape index (κ3) is 1.42. The topological polar surface area (TPSA) is 60.3 Å². The summed E-state index contributed by atoms with van der Waals surface area (Å²) in [5.74, 6) is 1.71. The standard InChI is InChI=1S/C14H18N2O2/c1-17-10-3-4-11(18-2)13-12(10)9(7-16-13)14(8-15)5-6-14/h3-4,7,16H,5-6,8,15H2,1-2H3. The van der Waals surface area contributed by atoms with Gasteiger partial charge in [-0.25, -0.2) is 0 Å². The van der Waals surface area contributed by atoms with Crippen molar-refractivity contribution in [1.82, 2.24) is 4.98 Å². The van der Waals surface area contributed by atoms with Crippen molar-refractivity contribution in [3.8, 4) is 11.5 Å². The maximum absolute atomic E-state index is 5.93. The smallest absolute Gasteiger partial charge is 0.143 e. The number of nitrogens with one attached hydrogen (secondary N) is 1. The van der Waals surface area contributed by atoms with Gasteiger partial charge in [-0.3, -0.25) is 0 Å². The molecular weight excluding hydrogens is 228 g/mol. The van der Waals surface area contributed by atoms with E-state index in [0.717, 1.165) is 35.2 Å². The summed E-state index contributed by atoms with van der Waals surface area (Å²) in [4.78, 5) is 3.30.